The topological polar surface area (TPSA) is 105 Å². The molecule has 27 heavy (non-hydrogen) atoms. The quantitative estimate of drug-likeness (QED) is 0.177. The van der Waals surface area contributed by atoms with Crippen LogP contribution in [0.5, 0.6) is 0 Å². The van der Waals surface area contributed by atoms with E-state index in [1.54, 1.807) is 36.4 Å². The summed E-state index contributed by atoms with van der Waals surface area (Å²) in [6, 6.07) is 11.4. The van der Waals surface area contributed by atoms with Crippen molar-refractivity contribution in [3.63, 3.8) is 0 Å². The van der Waals surface area contributed by atoms with Gasteiger partial charge in [-0.25, -0.2) is 0 Å². The molecule has 0 spiro atoms. The van der Waals surface area contributed by atoms with Crippen LogP contribution in [0.25, 0.3) is 10.8 Å². The van der Waals surface area contributed by atoms with Gasteiger partial charge in [0.25, 0.3) is 10.1 Å². The number of rotatable bonds is 3. The monoisotopic (exact) mass is 585 g/mol. The van der Waals surface area contributed by atoms with Gasteiger partial charge in [-0.05, 0) is 50.1 Å². The maximum atomic E-state index is 11.8. The Balaban J connectivity index is 0.00000261. The molecular weight excluding hydrogens is 577 g/mol. The van der Waals surface area contributed by atoms with Gasteiger partial charge in [-0.15, -0.1) is 10.2 Å². The van der Waals surface area contributed by atoms with Crippen LogP contribution in [0.1, 0.15) is 0 Å². The van der Waals surface area contributed by atoms with Gasteiger partial charge in [0.05, 0.1) is 5.69 Å². The second kappa shape index (κ2) is 9.00. The first-order chi connectivity index (χ1) is 12.2. The summed E-state index contributed by atoms with van der Waals surface area (Å²) < 4.78 is 35.2. The number of nitrogens with two attached hydrogens (primary N) is 1. The molecule has 3 N–H and O–H groups in total. The van der Waals surface area contributed by atoms with Crippen LogP contribution < -0.4 is 5.73 Å². The first-order valence-electron chi connectivity index (χ1n) is 7.03. The summed E-state index contributed by atoms with van der Waals surface area (Å²) >= 11 is 10.2. The molecule has 0 saturated carbocycles. The molecule has 6 nitrogen and oxygen atoms in total. The van der Waals surface area contributed by atoms with Gasteiger partial charge in [-0.1, -0.05) is 40.2 Å². The number of azo groups is 1. The maximum absolute atomic E-state index is 11.8. The average molecular weight is 588 g/mol. The molecule has 3 aromatic rings. The number of anilines is 1. The van der Waals surface area contributed by atoms with Crippen LogP contribution >= 0.6 is 47.8 Å². The third-order valence-corrected chi connectivity index (χ3v) is 6.10. The summed E-state index contributed by atoms with van der Waals surface area (Å²) in [7, 11) is -4.46. The zero-order valence-corrected chi connectivity index (χ0v) is 18.4. The Kier molecular flexibility index (Phi) is 7.65. The van der Waals surface area contributed by atoms with E-state index < -0.39 is 10.1 Å². The van der Waals surface area contributed by atoms with Crippen LogP contribution in [0.4, 0.5) is 17.1 Å². The SMILES string of the molecule is Nc1c(N=Nc2c(Br)cc(Br)cc2Br)cc(S(=O)(=O)O)c2ccccc12.[NaH]. The molecule has 0 heterocycles. The van der Waals surface area contributed by atoms with Crippen molar-refractivity contribution in [2.24, 2.45) is 10.2 Å². The first kappa shape index (κ1) is 23.0. The van der Waals surface area contributed by atoms with E-state index in [9.17, 15) is 13.0 Å². The average Bonchev–Trinajstić information content (AvgIpc) is 2.54. The molecule has 0 fully saturated rings. The van der Waals surface area contributed by atoms with Gasteiger partial charge in [-0.3, -0.25) is 4.55 Å². The van der Waals surface area contributed by atoms with Crippen molar-refractivity contribution in [2.45, 2.75) is 4.90 Å². The molecule has 0 bridgehead atoms. The molecule has 3 aromatic carbocycles. The number of nitrogen functional groups attached to an aromatic ring is 1. The number of halogens is 3. The van der Waals surface area contributed by atoms with E-state index in [1.807, 2.05) is 0 Å². The molecule has 3 rings (SSSR count). The van der Waals surface area contributed by atoms with Crippen molar-refractivity contribution >= 4 is 115 Å². The number of nitrogens with zero attached hydrogens (tertiary/aromatic N) is 2. The summed E-state index contributed by atoms with van der Waals surface area (Å²) in [6.07, 6.45) is 0. The molecule has 0 aliphatic carbocycles. The molecule has 0 radical (unpaired) electrons. The molecule has 11 heteroatoms. The Labute approximate surface area is 203 Å². The van der Waals surface area contributed by atoms with Gasteiger partial charge in [0.15, 0.2) is 0 Å². The van der Waals surface area contributed by atoms with Crippen LogP contribution in [0.3, 0.4) is 0 Å². The van der Waals surface area contributed by atoms with E-state index in [-0.39, 0.29) is 45.8 Å². The second-order valence-corrected chi connectivity index (χ2v) is 9.26. The van der Waals surface area contributed by atoms with Crippen LogP contribution in [0, 0.1) is 0 Å². The van der Waals surface area contributed by atoms with Gasteiger partial charge < -0.3 is 5.73 Å². The molecule has 0 atom stereocenters. The Hall–Kier alpha value is -0.330. The van der Waals surface area contributed by atoms with E-state index >= 15 is 0 Å². The van der Waals surface area contributed by atoms with E-state index in [0.29, 0.717) is 25.4 Å². The minimum atomic E-state index is -4.46. The second-order valence-electron chi connectivity index (χ2n) is 5.25. The van der Waals surface area contributed by atoms with Crippen LogP contribution in [-0.4, -0.2) is 42.5 Å². The van der Waals surface area contributed by atoms with Gasteiger partial charge in [0, 0.05) is 24.2 Å². The Morgan fingerprint density at radius 3 is 2.04 bits per heavy atom. The number of hydrogen-bond acceptors (Lipinski definition) is 5. The van der Waals surface area contributed by atoms with Crippen molar-refractivity contribution < 1.29 is 13.0 Å². The van der Waals surface area contributed by atoms with Crippen molar-refractivity contribution in [1.29, 1.82) is 0 Å². The van der Waals surface area contributed by atoms with Crippen molar-refractivity contribution in [1.82, 2.24) is 0 Å². The van der Waals surface area contributed by atoms with Crippen LogP contribution in [-0.2, 0) is 10.1 Å². The zero-order chi connectivity index (χ0) is 19.1. The number of benzene rings is 3. The van der Waals surface area contributed by atoms with E-state index in [4.69, 9.17) is 5.73 Å². The molecule has 136 valence electrons. The molecular formula is C16H11Br3N3NaO3S. The van der Waals surface area contributed by atoms with Gasteiger partial charge in [0.2, 0.25) is 0 Å². The third kappa shape index (κ3) is 4.99. The van der Waals surface area contributed by atoms with Gasteiger partial charge in [0.1, 0.15) is 16.3 Å². The van der Waals surface area contributed by atoms with Crippen molar-refractivity contribution in [3.05, 3.63) is 55.9 Å². The predicted molar refractivity (Wildman–Crippen MR) is 119 cm³/mol. The van der Waals surface area contributed by atoms with Gasteiger partial charge in [-0.2, -0.15) is 8.42 Å². The minimum absolute atomic E-state index is 0. The standard InChI is InChI=1S/C16H10Br3N3O3S.Na.H/c17-8-5-11(18)16(12(19)6-8)22-21-13-7-14(26(23,24)25)9-3-1-2-4-10(9)15(13)20;;/h1-7H,20H2,(H,23,24,25);;. The molecule has 0 unspecified atom stereocenters. The first-order valence-corrected chi connectivity index (χ1v) is 10.9. The predicted octanol–water partition coefficient (Wildman–Crippen LogP) is 5.72. The molecule has 0 aliphatic rings. The van der Waals surface area contributed by atoms with E-state index in [2.05, 4.69) is 58.0 Å². The zero-order valence-electron chi connectivity index (χ0n) is 12.8. The number of hydrogen-bond donors (Lipinski definition) is 2. The summed E-state index contributed by atoms with van der Waals surface area (Å²) in [5.41, 5.74) is 7.04. The van der Waals surface area contributed by atoms with Crippen molar-refractivity contribution in [3.8, 4) is 0 Å². The van der Waals surface area contributed by atoms with Gasteiger partial charge >= 0.3 is 29.6 Å². The fourth-order valence-corrected chi connectivity index (χ4v) is 5.51. The van der Waals surface area contributed by atoms with Crippen LogP contribution in [0.2, 0.25) is 0 Å². The summed E-state index contributed by atoms with van der Waals surface area (Å²) in [5.74, 6) is 0. The summed E-state index contributed by atoms with van der Waals surface area (Å²) in [6.45, 7) is 0. The fourth-order valence-electron chi connectivity index (χ4n) is 2.38. The Morgan fingerprint density at radius 2 is 1.48 bits per heavy atom. The molecule has 0 aliphatic heterocycles. The Bertz CT molecular complexity index is 1150. The van der Waals surface area contributed by atoms with Crippen LogP contribution in [0.15, 0.2) is 71.0 Å². The molecule has 0 amide bonds. The van der Waals surface area contributed by atoms with Crippen molar-refractivity contribution in [2.75, 3.05) is 5.73 Å². The third-order valence-electron chi connectivity index (χ3n) is 3.54. The molecule has 0 aromatic heterocycles. The van der Waals surface area contributed by atoms with E-state index in [1.165, 1.54) is 6.07 Å². The molecule has 0 saturated heterocycles. The number of fused-ring (bicyclic) bond motifs is 1. The summed E-state index contributed by atoms with van der Waals surface area (Å²) in [4.78, 5) is -0.273. The van der Waals surface area contributed by atoms with E-state index in [0.717, 1.165) is 4.47 Å². The normalized spacial score (nSPS) is 11.7. The fraction of sp³-hybridized carbons (Fsp3) is 0. The Morgan fingerprint density at radius 1 is 0.926 bits per heavy atom. The summed E-state index contributed by atoms with van der Waals surface area (Å²) in [5, 5.41) is 9.04.